The Hall–Kier alpha value is -1.56. The van der Waals surface area contributed by atoms with Gasteiger partial charge in [-0.15, -0.1) is 0 Å². The Kier molecular flexibility index (Phi) is 4.96. The quantitative estimate of drug-likeness (QED) is 0.889. The van der Waals surface area contributed by atoms with Gasteiger partial charge >= 0.3 is 6.09 Å². The van der Waals surface area contributed by atoms with Crippen molar-refractivity contribution in [2.24, 2.45) is 0 Å². The molecule has 1 rings (SSSR count). The highest BCUT2D eigenvalue weighted by Crippen LogP contribution is 2.12. The van der Waals surface area contributed by atoms with Gasteiger partial charge in [-0.05, 0) is 17.7 Å². The molecule has 0 saturated carbocycles. The van der Waals surface area contributed by atoms with Crippen LogP contribution in [0, 0.1) is 0 Å². The first-order valence-corrected chi connectivity index (χ1v) is 5.73. The van der Waals surface area contributed by atoms with E-state index in [2.05, 4.69) is 15.9 Å². The minimum Gasteiger partial charge on any atom is -0.465 e. The molecular weight excluding hydrogens is 288 g/mol. The van der Waals surface area contributed by atoms with E-state index in [1.807, 2.05) is 29.6 Å². The molecule has 0 atom stereocenters. The number of carbonyl (C=O) groups excluding carboxylic acids is 1. The molecule has 0 aromatic heterocycles. The Labute approximate surface area is 108 Å². The van der Waals surface area contributed by atoms with Crippen LogP contribution in [0.4, 0.5) is 4.79 Å². The Bertz CT molecular complexity index is 423. The van der Waals surface area contributed by atoms with Crippen LogP contribution in [-0.2, 0) is 11.3 Å². The van der Waals surface area contributed by atoms with Gasteiger partial charge < -0.3 is 15.3 Å². The van der Waals surface area contributed by atoms with E-state index in [4.69, 9.17) is 5.11 Å². The van der Waals surface area contributed by atoms with E-state index in [0.717, 1.165) is 10.0 Å². The van der Waals surface area contributed by atoms with Crippen molar-refractivity contribution in [3.8, 4) is 0 Å². The highest BCUT2D eigenvalue weighted by Gasteiger charge is 2.10. The molecule has 1 aromatic rings. The standard InChI is InChI=1S/C11H13BrN2O3/c1-14(10(15)6-13-11(16)17)7-8-3-2-4-9(12)5-8/h2-5,13H,6-7H2,1H3,(H,16,17). The summed E-state index contributed by atoms with van der Waals surface area (Å²) in [7, 11) is 1.63. The monoisotopic (exact) mass is 300 g/mol. The van der Waals surface area contributed by atoms with Gasteiger partial charge in [0.1, 0.15) is 6.54 Å². The summed E-state index contributed by atoms with van der Waals surface area (Å²) in [5.74, 6) is -0.271. The number of hydrogen-bond donors (Lipinski definition) is 2. The minimum absolute atomic E-state index is 0.208. The van der Waals surface area contributed by atoms with Crippen molar-refractivity contribution in [3.05, 3.63) is 34.3 Å². The summed E-state index contributed by atoms with van der Waals surface area (Å²) in [6, 6.07) is 7.60. The van der Waals surface area contributed by atoms with Crippen LogP contribution in [-0.4, -0.2) is 35.6 Å². The normalized spacial score (nSPS) is 9.76. The van der Waals surface area contributed by atoms with Crippen LogP contribution in [0.5, 0.6) is 0 Å². The molecule has 0 radical (unpaired) electrons. The summed E-state index contributed by atoms with van der Waals surface area (Å²) in [5, 5.41) is 10.4. The summed E-state index contributed by atoms with van der Waals surface area (Å²) >= 11 is 3.35. The van der Waals surface area contributed by atoms with Crippen molar-refractivity contribution in [2.45, 2.75) is 6.54 Å². The third-order valence-electron chi connectivity index (χ3n) is 2.13. The molecule has 2 amide bonds. The lowest BCUT2D eigenvalue weighted by Crippen LogP contribution is -2.37. The molecule has 2 N–H and O–H groups in total. The predicted molar refractivity (Wildman–Crippen MR) is 66.6 cm³/mol. The zero-order valence-corrected chi connectivity index (χ0v) is 10.9. The number of carboxylic acid groups (broad SMARTS) is 1. The van der Waals surface area contributed by atoms with E-state index in [-0.39, 0.29) is 12.5 Å². The van der Waals surface area contributed by atoms with Crippen molar-refractivity contribution >= 4 is 27.9 Å². The van der Waals surface area contributed by atoms with Crippen LogP contribution >= 0.6 is 15.9 Å². The maximum atomic E-state index is 11.5. The van der Waals surface area contributed by atoms with Crippen LogP contribution in [0.3, 0.4) is 0 Å². The van der Waals surface area contributed by atoms with E-state index in [1.54, 1.807) is 7.05 Å². The number of benzene rings is 1. The summed E-state index contributed by atoms with van der Waals surface area (Å²) in [6.45, 7) is 0.236. The number of halogens is 1. The first kappa shape index (κ1) is 13.5. The highest BCUT2D eigenvalue weighted by atomic mass is 79.9. The van der Waals surface area contributed by atoms with Crippen LogP contribution < -0.4 is 5.32 Å². The second-order valence-corrected chi connectivity index (χ2v) is 4.45. The van der Waals surface area contributed by atoms with Gasteiger partial charge in [0.05, 0.1) is 0 Å². The van der Waals surface area contributed by atoms with E-state index in [1.165, 1.54) is 4.90 Å². The van der Waals surface area contributed by atoms with Gasteiger partial charge in [-0.25, -0.2) is 4.79 Å². The van der Waals surface area contributed by atoms with Gasteiger partial charge in [0, 0.05) is 18.1 Å². The van der Waals surface area contributed by atoms with Crippen molar-refractivity contribution < 1.29 is 14.7 Å². The second-order valence-electron chi connectivity index (χ2n) is 3.54. The van der Waals surface area contributed by atoms with E-state index in [0.29, 0.717) is 6.54 Å². The fourth-order valence-electron chi connectivity index (χ4n) is 1.28. The zero-order valence-electron chi connectivity index (χ0n) is 9.31. The Balaban J connectivity index is 2.51. The fraction of sp³-hybridized carbons (Fsp3) is 0.273. The van der Waals surface area contributed by atoms with Crippen molar-refractivity contribution in [1.82, 2.24) is 10.2 Å². The van der Waals surface area contributed by atoms with Crippen LogP contribution in [0.15, 0.2) is 28.7 Å². The molecule has 5 nitrogen and oxygen atoms in total. The largest absolute Gasteiger partial charge is 0.465 e. The van der Waals surface area contributed by atoms with Gasteiger partial charge in [0.15, 0.2) is 0 Å². The lowest BCUT2D eigenvalue weighted by Gasteiger charge is -2.17. The molecule has 92 valence electrons. The Morgan fingerprint density at radius 2 is 2.18 bits per heavy atom. The summed E-state index contributed by atoms with van der Waals surface area (Å²) in [6.07, 6.45) is -1.20. The first-order chi connectivity index (χ1) is 7.99. The van der Waals surface area contributed by atoms with Crippen LogP contribution in [0.25, 0.3) is 0 Å². The summed E-state index contributed by atoms with van der Waals surface area (Å²) < 4.78 is 0.944. The maximum Gasteiger partial charge on any atom is 0.405 e. The molecule has 1 aromatic carbocycles. The number of nitrogens with zero attached hydrogens (tertiary/aromatic N) is 1. The molecule has 0 aliphatic carbocycles. The summed E-state index contributed by atoms with van der Waals surface area (Å²) in [5.41, 5.74) is 0.977. The topological polar surface area (TPSA) is 69.6 Å². The minimum atomic E-state index is -1.20. The van der Waals surface area contributed by atoms with Crippen molar-refractivity contribution in [2.75, 3.05) is 13.6 Å². The fourth-order valence-corrected chi connectivity index (χ4v) is 1.73. The second kappa shape index (κ2) is 6.24. The SMILES string of the molecule is CN(Cc1cccc(Br)c1)C(=O)CNC(=O)O. The average molecular weight is 301 g/mol. The molecular formula is C11H13BrN2O3. The number of amides is 2. The lowest BCUT2D eigenvalue weighted by molar-refractivity contribution is -0.129. The zero-order chi connectivity index (χ0) is 12.8. The number of hydrogen-bond acceptors (Lipinski definition) is 2. The third kappa shape index (κ3) is 4.86. The third-order valence-corrected chi connectivity index (χ3v) is 2.62. The number of likely N-dealkylation sites (N-methyl/N-ethyl adjacent to an activating group) is 1. The van der Waals surface area contributed by atoms with Crippen molar-refractivity contribution in [3.63, 3.8) is 0 Å². The highest BCUT2D eigenvalue weighted by molar-refractivity contribution is 9.10. The Morgan fingerprint density at radius 1 is 1.47 bits per heavy atom. The molecule has 0 aliphatic heterocycles. The van der Waals surface area contributed by atoms with Gasteiger partial charge in [0.25, 0.3) is 0 Å². The number of nitrogens with one attached hydrogen (secondary N) is 1. The molecule has 0 fully saturated rings. The Morgan fingerprint density at radius 3 is 2.76 bits per heavy atom. The molecule has 0 saturated heterocycles. The van der Waals surface area contributed by atoms with Crippen LogP contribution in [0.1, 0.15) is 5.56 Å². The number of rotatable bonds is 4. The van der Waals surface area contributed by atoms with Gasteiger partial charge in [0.2, 0.25) is 5.91 Å². The van der Waals surface area contributed by atoms with Crippen molar-refractivity contribution in [1.29, 1.82) is 0 Å². The predicted octanol–water partition coefficient (Wildman–Crippen LogP) is 1.68. The lowest BCUT2D eigenvalue weighted by atomic mass is 10.2. The molecule has 6 heteroatoms. The van der Waals surface area contributed by atoms with E-state index >= 15 is 0 Å². The van der Waals surface area contributed by atoms with Gasteiger partial charge in [-0.3, -0.25) is 4.79 Å². The molecule has 0 unspecified atom stereocenters. The first-order valence-electron chi connectivity index (χ1n) is 4.94. The number of carbonyl (C=O) groups is 2. The average Bonchev–Trinajstić information content (AvgIpc) is 2.25. The molecule has 0 aliphatic rings. The molecule has 0 spiro atoms. The molecule has 0 bridgehead atoms. The summed E-state index contributed by atoms with van der Waals surface area (Å²) in [4.78, 5) is 23.2. The van der Waals surface area contributed by atoms with E-state index < -0.39 is 6.09 Å². The smallest absolute Gasteiger partial charge is 0.405 e. The maximum absolute atomic E-state index is 11.5. The van der Waals surface area contributed by atoms with Crippen LogP contribution in [0.2, 0.25) is 0 Å². The van der Waals surface area contributed by atoms with Gasteiger partial charge in [-0.2, -0.15) is 0 Å². The molecule has 17 heavy (non-hydrogen) atoms. The van der Waals surface area contributed by atoms with E-state index in [9.17, 15) is 9.59 Å². The van der Waals surface area contributed by atoms with Gasteiger partial charge in [-0.1, -0.05) is 28.1 Å². The molecule has 0 heterocycles.